The summed E-state index contributed by atoms with van der Waals surface area (Å²) in [7, 11) is 3.23. The zero-order chi connectivity index (χ0) is 11.7. The van der Waals surface area contributed by atoms with E-state index in [1.54, 1.807) is 23.7 Å². The van der Waals surface area contributed by atoms with Crippen LogP contribution in [0, 0.1) is 5.82 Å². The largest absolute Gasteiger partial charge is 0.497 e. The second-order valence-electron chi connectivity index (χ2n) is 3.41. The molecule has 0 aliphatic carbocycles. The molecule has 1 aromatic heterocycles. The molecule has 1 heterocycles. The lowest BCUT2D eigenvalue weighted by molar-refractivity contribution is 0.411. The first-order valence-corrected chi connectivity index (χ1v) is 4.74. The number of nitrogen functional groups attached to an aromatic ring is 1. The first-order valence-electron chi connectivity index (χ1n) is 4.74. The number of halogens is 1. The summed E-state index contributed by atoms with van der Waals surface area (Å²) in [6, 6.07) is 4.62. The maximum Gasteiger partial charge on any atom is 0.144 e. The van der Waals surface area contributed by atoms with Gasteiger partial charge in [0.25, 0.3) is 0 Å². The van der Waals surface area contributed by atoms with Crippen LogP contribution in [-0.4, -0.2) is 16.7 Å². The topological polar surface area (TPSA) is 53.1 Å². The van der Waals surface area contributed by atoms with Crippen molar-refractivity contribution in [2.24, 2.45) is 7.05 Å². The molecular weight excluding hydrogens is 209 g/mol. The Morgan fingerprint density at radius 2 is 2.19 bits per heavy atom. The van der Waals surface area contributed by atoms with Crippen LogP contribution in [0.3, 0.4) is 0 Å². The summed E-state index contributed by atoms with van der Waals surface area (Å²) in [4.78, 5) is 4.06. The number of aromatic nitrogens is 2. The third kappa shape index (κ3) is 1.60. The van der Waals surface area contributed by atoms with Gasteiger partial charge < -0.3 is 15.0 Å². The monoisotopic (exact) mass is 221 g/mol. The minimum Gasteiger partial charge on any atom is -0.497 e. The number of anilines is 1. The van der Waals surface area contributed by atoms with Crippen LogP contribution < -0.4 is 10.5 Å². The van der Waals surface area contributed by atoms with E-state index in [2.05, 4.69) is 4.98 Å². The van der Waals surface area contributed by atoms with E-state index in [4.69, 9.17) is 10.5 Å². The average Bonchev–Trinajstić information content (AvgIpc) is 2.60. The standard InChI is InChI=1S/C11H12FN3O/c1-15-10(13)6-14-11(15)8-4-3-7(16-2)5-9(8)12/h3-6H,13H2,1-2H3. The van der Waals surface area contributed by atoms with Crippen LogP contribution in [0.15, 0.2) is 24.4 Å². The number of rotatable bonds is 2. The third-order valence-electron chi connectivity index (χ3n) is 2.44. The van der Waals surface area contributed by atoms with Crippen molar-refractivity contribution in [2.75, 3.05) is 12.8 Å². The van der Waals surface area contributed by atoms with E-state index in [0.29, 0.717) is 23.0 Å². The zero-order valence-corrected chi connectivity index (χ0v) is 9.07. The Hall–Kier alpha value is -2.04. The van der Waals surface area contributed by atoms with Crippen LogP contribution in [-0.2, 0) is 7.05 Å². The van der Waals surface area contributed by atoms with Gasteiger partial charge in [-0.15, -0.1) is 0 Å². The van der Waals surface area contributed by atoms with Crippen molar-refractivity contribution in [1.82, 2.24) is 9.55 Å². The molecule has 0 amide bonds. The summed E-state index contributed by atoms with van der Waals surface area (Å²) in [6.45, 7) is 0. The fourth-order valence-electron chi connectivity index (χ4n) is 1.48. The lowest BCUT2D eigenvalue weighted by atomic mass is 10.2. The van der Waals surface area contributed by atoms with Crippen LogP contribution in [0.5, 0.6) is 5.75 Å². The highest BCUT2D eigenvalue weighted by atomic mass is 19.1. The molecule has 0 saturated carbocycles. The normalized spacial score (nSPS) is 10.4. The van der Waals surface area contributed by atoms with Gasteiger partial charge in [-0.3, -0.25) is 0 Å². The Morgan fingerprint density at radius 1 is 1.44 bits per heavy atom. The van der Waals surface area contributed by atoms with E-state index >= 15 is 0 Å². The van der Waals surface area contributed by atoms with Crippen molar-refractivity contribution >= 4 is 5.82 Å². The van der Waals surface area contributed by atoms with E-state index in [-0.39, 0.29) is 5.82 Å². The van der Waals surface area contributed by atoms with Crippen LogP contribution >= 0.6 is 0 Å². The van der Waals surface area contributed by atoms with Gasteiger partial charge in [-0.2, -0.15) is 0 Å². The summed E-state index contributed by atoms with van der Waals surface area (Å²) in [5.41, 5.74) is 6.04. The molecule has 5 heteroatoms. The van der Waals surface area contributed by atoms with Crippen LogP contribution in [0.4, 0.5) is 10.2 Å². The number of nitrogens with zero attached hydrogens (tertiary/aromatic N) is 2. The highest BCUT2D eigenvalue weighted by molar-refractivity contribution is 5.60. The van der Waals surface area contributed by atoms with Gasteiger partial charge in [0, 0.05) is 13.1 Å². The predicted molar refractivity (Wildman–Crippen MR) is 59.6 cm³/mol. The van der Waals surface area contributed by atoms with Crippen LogP contribution in [0.25, 0.3) is 11.4 Å². The van der Waals surface area contributed by atoms with Gasteiger partial charge >= 0.3 is 0 Å². The summed E-state index contributed by atoms with van der Waals surface area (Å²) < 4.78 is 20.3. The molecule has 1 aromatic carbocycles. The first kappa shape index (κ1) is 10.5. The molecule has 0 bridgehead atoms. The lowest BCUT2D eigenvalue weighted by Gasteiger charge is -2.06. The first-order chi connectivity index (χ1) is 7.63. The quantitative estimate of drug-likeness (QED) is 0.841. The smallest absolute Gasteiger partial charge is 0.144 e. The Kier molecular flexibility index (Phi) is 2.52. The lowest BCUT2D eigenvalue weighted by Crippen LogP contribution is -1.99. The second-order valence-corrected chi connectivity index (χ2v) is 3.41. The minimum atomic E-state index is -0.381. The van der Waals surface area contributed by atoms with Gasteiger partial charge in [0.05, 0.1) is 18.9 Å². The van der Waals surface area contributed by atoms with Crippen molar-refractivity contribution in [3.8, 4) is 17.1 Å². The number of nitrogens with two attached hydrogens (primary N) is 1. The van der Waals surface area contributed by atoms with Gasteiger partial charge in [0.15, 0.2) is 0 Å². The highest BCUT2D eigenvalue weighted by Crippen LogP contribution is 2.25. The number of hydrogen-bond acceptors (Lipinski definition) is 3. The summed E-state index contributed by atoms with van der Waals surface area (Å²) in [6.07, 6.45) is 1.50. The van der Waals surface area contributed by atoms with E-state index in [0.717, 1.165) is 0 Å². The fourth-order valence-corrected chi connectivity index (χ4v) is 1.48. The molecule has 0 atom stereocenters. The second kappa shape index (κ2) is 3.84. The minimum absolute atomic E-state index is 0.381. The Morgan fingerprint density at radius 3 is 2.69 bits per heavy atom. The molecule has 0 unspecified atom stereocenters. The van der Waals surface area contributed by atoms with Gasteiger partial charge in [0.2, 0.25) is 0 Å². The molecule has 0 radical (unpaired) electrons. The highest BCUT2D eigenvalue weighted by Gasteiger charge is 2.12. The molecule has 16 heavy (non-hydrogen) atoms. The van der Waals surface area contributed by atoms with Crippen molar-refractivity contribution in [3.05, 3.63) is 30.2 Å². The molecular formula is C11H12FN3O. The van der Waals surface area contributed by atoms with Crippen molar-refractivity contribution in [1.29, 1.82) is 0 Å². The number of ether oxygens (including phenoxy) is 1. The van der Waals surface area contributed by atoms with Gasteiger partial charge in [-0.05, 0) is 12.1 Å². The van der Waals surface area contributed by atoms with Crippen molar-refractivity contribution in [3.63, 3.8) is 0 Å². The molecule has 2 rings (SSSR count). The summed E-state index contributed by atoms with van der Waals surface area (Å²) in [5.74, 6) is 1.08. The molecule has 4 nitrogen and oxygen atoms in total. The molecule has 0 aliphatic heterocycles. The van der Waals surface area contributed by atoms with Crippen molar-refractivity contribution < 1.29 is 9.13 Å². The molecule has 0 fully saturated rings. The predicted octanol–water partition coefficient (Wildman–Crippen LogP) is 1.82. The number of hydrogen-bond donors (Lipinski definition) is 1. The maximum atomic E-state index is 13.7. The van der Waals surface area contributed by atoms with E-state index in [1.807, 2.05) is 0 Å². The van der Waals surface area contributed by atoms with Gasteiger partial charge in [-0.25, -0.2) is 9.37 Å². The Labute approximate surface area is 92.5 Å². The molecule has 2 N–H and O–H groups in total. The molecule has 2 aromatic rings. The van der Waals surface area contributed by atoms with E-state index in [9.17, 15) is 4.39 Å². The average molecular weight is 221 g/mol. The number of benzene rings is 1. The van der Waals surface area contributed by atoms with Crippen LogP contribution in [0.2, 0.25) is 0 Å². The molecule has 0 spiro atoms. The SMILES string of the molecule is COc1ccc(-c2ncc(N)n2C)c(F)c1. The zero-order valence-electron chi connectivity index (χ0n) is 9.07. The Balaban J connectivity index is 2.52. The molecule has 84 valence electrons. The van der Waals surface area contributed by atoms with Crippen LogP contribution in [0.1, 0.15) is 0 Å². The molecule has 0 aliphatic rings. The summed E-state index contributed by atoms with van der Waals surface area (Å²) >= 11 is 0. The number of methoxy groups -OCH3 is 1. The third-order valence-corrected chi connectivity index (χ3v) is 2.44. The van der Waals surface area contributed by atoms with Gasteiger partial charge in [0.1, 0.15) is 23.2 Å². The van der Waals surface area contributed by atoms with Crippen molar-refractivity contribution in [2.45, 2.75) is 0 Å². The fraction of sp³-hybridized carbons (Fsp3) is 0.182. The molecule has 0 saturated heterocycles. The van der Waals surface area contributed by atoms with E-state index in [1.165, 1.54) is 19.4 Å². The van der Waals surface area contributed by atoms with Gasteiger partial charge in [-0.1, -0.05) is 0 Å². The van der Waals surface area contributed by atoms with E-state index < -0.39 is 0 Å². The Bertz CT molecular complexity index is 522. The summed E-state index contributed by atoms with van der Waals surface area (Å²) in [5, 5.41) is 0. The maximum absolute atomic E-state index is 13.7. The number of imidazole rings is 1.